The van der Waals surface area contributed by atoms with E-state index in [9.17, 15) is 14.4 Å². The molecule has 0 atom stereocenters. The molecule has 2 aromatic heterocycles. The van der Waals surface area contributed by atoms with E-state index in [1.165, 1.54) is 0 Å². The van der Waals surface area contributed by atoms with Crippen molar-refractivity contribution < 1.29 is 19.2 Å². The number of carbonyl (C=O) groups excluding carboxylic acids is 3. The highest BCUT2D eigenvalue weighted by Crippen LogP contribution is 2.17. The Kier molecular flexibility index (Phi) is 6.01. The molecule has 0 aliphatic carbocycles. The molecule has 0 bridgehead atoms. The maximum atomic E-state index is 12.8. The van der Waals surface area contributed by atoms with Gasteiger partial charge in [-0.3, -0.25) is 19.2 Å². The molecule has 1 saturated heterocycles. The molecule has 32 heavy (non-hydrogen) atoms. The van der Waals surface area contributed by atoms with Gasteiger partial charge in [0.2, 0.25) is 0 Å². The average Bonchev–Trinajstić information content (AvgIpc) is 3.32. The lowest BCUT2D eigenvalue weighted by Crippen LogP contribution is -2.29. The number of benzene rings is 1. The summed E-state index contributed by atoms with van der Waals surface area (Å²) in [5.74, 6) is 5.07. The van der Waals surface area contributed by atoms with Crippen molar-refractivity contribution in [1.29, 1.82) is 0 Å². The molecule has 3 aromatic rings. The van der Waals surface area contributed by atoms with Gasteiger partial charge < -0.3 is 9.72 Å². The van der Waals surface area contributed by atoms with Crippen molar-refractivity contribution >= 4 is 29.1 Å². The number of amides is 3. The molecule has 0 radical (unpaired) electrons. The number of fused-ring (bicyclic) bond motifs is 1. The number of aryl methyl sites for hydroxylation is 2. The van der Waals surface area contributed by atoms with Gasteiger partial charge in [-0.15, -0.1) is 0 Å². The predicted molar refractivity (Wildman–Crippen MR) is 118 cm³/mol. The zero-order valence-electron chi connectivity index (χ0n) is 17.8. The summed E-state index contributed by atoms with van der Waals surface area (Å²) in [5, 5.41) is 3.72. The molecule has 162 valence electrons. The Bertz CT molecular complexity index is 1270. The summed E-state index contributed by atoms with van der Waals surface area (Å²) in [7, 11) is 0. The van der Waals surface area contributed by atoms with Crippen LogP contribution in [0.1, 0.15) is 46.6 Å². The summed E-state index contributed by atoms with van der Waals surface area (Å²) in [6.45, 7) is 4.02. The molecule has 0 saturated carbocycles. The number of anilines is 1. The molecule has 3 heterocycles. The fraction of sp³-hybridized carbons (Fsp3) is 0.250. The van der Waals surface area contributed by atoms with E-state index in [0.717, 1.165) is 22.0 Å². The molecule has 8 heteroatoms. The van der Waals surface area contributed by atoms with Gasteiger partial charge in [0.15, 0.2) is 0 Å². The summed E-state index contributed by atoms with van der Waals surface area (Å²) in [5.41, 5.74) is 4.31. The van der Waals surface area contributed by atoms with Crippen molar-refractivity contribution in [2.75, 3.05) is 11.9 Å². The first-order chi connectivity index (χ1) is 15.4. The molecule has 4 rings (SSSR count). The van der Waals surface area contributed by atoms with E-state index in [0.29, 0.717) is 23.3 Å². The highest BCUT2D eigenvalue weighted by Gasteiger charge is 2.29. The summed E-state index contributed by atoms with van der Waals surface area (Å²) in [6.07, 6.45) is 2.57. The van der Waals surface area contributed by atoms with Crippen molar-refractivity contribution in [2.45, 2.75) is 33.1 Å². The van der Waals surface area contributed by atoms with E-state index in [1.54, 1.807) is 18.2 Å². The Hall–Kier alpha value is -3.96. The average molecular weight is 430 g/mol. The molecule has 1 N–H and O–H groups in total. The minimum Gasteiger partial charge on any atom is -0.322 e. The van der Waals surface area contributed by atoms with Crippen molar-refractivity contribution in [3.05, 3.63) is 65.1 Å². The summed E-state index contributed by atoms with van der Waals surface area (Å²) in [4.78, 5) is 45.5. The van der Waals surface area contributed by atoms with Crippen LogP contribution in [0.3, 0.4) is 0 Å². The standard InChI is InChI=1S/C24H22N4O4/c1-16-14-17(2)27-12-11-20(23(27)25-16)24(31)26-19-8-5-7-18(15-19)6-3-4-13-32-28-21(29)9-10-22(28)30/h5,7-8,11-12,14-15H,4,9-10,13H2,1-2H3,(H,26,31). The van der Waals surface area contributed by atoms with Gasteiger partial charge in [-0.05, 0) is 44.2 Å². The molecule has 1 aromatic carbocycles. The van der Waals surface area contributed by atoms with E-state index in [4.69, 9.17) is 4.84 Å². The second kappa shape index (κ2) is 9.04. The Morgan fingerprint density at radius 1 is 1.16 bits per heavy atom. The number of carbonyl (C=O) groups is 3. The maximum absolute atomic E-state index is 12.8. The summed E-state index contributed by atoms with van der Waals surface area (Å²) < 4.78 is 1.88. The third-order valence-corrected chi connectivity index (χ3v) is 4.99. The van der Waals surface area contributed by atoms with Crippen LogP contribution < -0.4 is 5.32 Å². The van der Waals surface area contributed by atoms with Crippen molar-refractivity contribution in [3.8, 4) is 11.8 Å². The quantitative estimate of drug-likeness (QED) is 0.382. The van der Waals surface area contributed by atoms with Gasteiger partial charge >= 0.3 is 0 Å². The maximum Gasteiger partial charge on any atom is 0.259 e. The summed E-state index contributed by atoms with van der Waals surface area (Å²) in [6, 6.07) is 10.9. The smallest absolute Gasteiger partial charge is 0.259 e. The Morgan fingerprint density at radius 3 is 2.72 bits per heavy atom. The lowest BCUT2D eigenvalue weighted by Gasteiger charge is -2.11. The molecule has 1 aliphatic heterocycles. The zero-order chi connectivity index (χ0) is 22.7. The first kappa shape index (κ1) is 21.3. The van der Waals surface area contributed by atoms with Gasteiger partial charge in [0.05, 0.1) is 12.2 Å². The van der Waals surface area contributed by atoms with E-state index in [1.807, 2.05) is 42.6 Å². The molecule has 8 nitrogen and oxygen atoms in total. The molecular weight excluding hydrogens is 408 g/mol. The Morgan fingerprint density at radius 2 is 1.94 bits per heavy atom. The highest BCUT2D eigenvalue weighted by molar-refractivity contribution is 6.08. The van der Waals surface area contributed by atoms with Gasteiger partial charge in [0, 0.05) is 48.1 Å². The van der Waals surface area contributed by atoms with E-state index in [2.05, 4.69) is 22.1 Å². The SMILES string of the molecule is Cc1cc(C)n2ccc(C(=O)Nc3cccc(C#CCCON4C(=O)CCC4=O)c3)c2n1. The van der Waals surface area contributed by atoms with Crippen molar-refractivity contribution in [1.82, 2.24) is 14.4 Å². The second-order valence-electron chi connectivity index (χ2n) is 7.46. The highest BCUT2D eigenvalue weighted by atomic mass is 16.7. The third kappa shape index (κ3) is 4.53. The van der Waals surface area contributed by atoms with Crippen molar-refractivity contribution in [2.24, 2.45) is 0 Å². The summed E-state index contributed by atoms with van der Waals surface area (Å²) >= 11 is 0. The van der Waals surface area contributed by atoms with Crippen LogP contribution in [-0.2, 0) is 14.4 Å². The first-order valence-corrected chi connectivity index (χ1v) is 10.3. The van der Waals surface area contributed by atoms with E-state index >= 15 is 0 Å². The van der Waals surface area contributed by atoms with Crippen LogP contribution in [0.5, 0.6) is 0 Å². The zero-order valence-corrected chi connectivity index (χ0v) is 17.8. The van der Waals surface area contributed by atoms with Gasteiger partial charge in [0.1, 0.15) is 5.65 Å². The fourth-order valence-corrected chi connectivity index (χ4v) is 3.50. The van der Waals surface area contributed by atoms with Crippen LogP contribution in [0.25, 0.3) is 5.65 Å². The number of hydroxylamine groups is 2. The van der Waals surface area contributed by atoms with E-state index in [-0.39, 0.29) is 37.2 Å². The minimum absolute atomic E-state index is 0.147. The molecule has 1 fully saturated rings. The van der Waals surface area contributed by atoms with Gasteiger partial charge in [-0.25, -0.2) is 4.98 Å². The predicted octanol–water partition coefficient (Wildman–Crippen LogP) is 3.03. The van der Waals surface area contributed by atoms with Crippen LogP contribution in [0.15, 0.2) is 42.6 Å². The lowest BCUT2D eigenvalue weighted by molar-refractivity contribution is -0.187. The Balaban J connectivity index is 1.39. The largest absolute Gasteiger partial charge is 0.322 e. The second-order valence-corrected chi connectivity index (χ2v) is 7.46. The molecule has 0 unspecified atom stereocenters. The lowest BCUT2D eigenvalue weighted by atomic mass is 10.2. The first-order valence-electron chi connectivity index (χ1n) is 10.3. The van der Waals surface area contributed by atoms with Gasteiger partial charge in [0.25, 0.3) is 17.7 Å². The fourth-order valence-electron chi connectivity index (χ4n) is 3.50. The van der Waals surface area contributed by atoms with E-state index < -0.39 is 0 Å². The monoisotopic (exact) mass is 430 g/mol. The van der Waals surface area contributed by atoms with Crippen LogP contribution in [0, 0.1) is 25.7 Å². The number of hydrogen-bond acceptors (Lipinski definition) is 5. The van der Waals surface area contributed by atoms with Crippen molar-refractivity contribution in [3.63, 3.8) is 0 Å². The van der Waals surface area contributed by atoms with Crippen LogP contribution in [0.4, 0.5) is 5.69 Å². The molecule has 1 aliphatic rings. The number of imide groups is 1. The molecular formula is C24H22N4O4. The number of rotatable bonds is 5. The molecule has 0 spiro atoms. The third-order valence-electron chi connectivity index (χ3n) is 4.99. The van der Waals surface area contributed by atoms with Gasteiger partial charge in [-0.2, -0.15) is 5.06 Å². The minimum atomic E-state index is -0.317. The van der Waals surface area contributed by atoms with Crippen LogP contribution in [0.2, 0.25) is 0 Å². The Labute approximate surface area is 185 Å². The number of hydrogen-bond donors (Lipinski definition) is 1. The van der Waals surface area contributed by atoms with Gasteiger partial charge in [-0.1, -0.05) is 17.9 Å². The van der Waals surface area contributed by atoms with Crippen LogP contribution in [-0.4, -0.2) is 38.8 Å². The molecule has 3 amide bonds. The number of nitrogens with one attached hydrogen (secondary N) is 1. The normalized spacial score (nSPS) is 13.4. The number of nitrogens with zero attached hydrogens (tertiary/aromatic N) is 3. The topological polar surface area (TPSA) is 93.0 Å². The van der Waals surface area contributed by atoms with Crippen LogP contribution >= 0.6 is 0 Å². The number of aromatic nitrogens is 2.